The molecule has 0 radical (unpaired) electrons. The van der Waals surface area contributed by atoms with Crippen LogP contribution in [0.1, 0.15) is 49.9 Å². The maximum Gasteiger partial charge on any atom is 0.416 e. The molecule has 224 valence electrons. The predicted molar refractivity (Wildman–Crippen MR) is 156 cm³/mol. The van der Waals surface area contributed by atoms with Crippen LogP contribution >= 0.6 is 23.4 Å². The number of carbonyl (C=O) groups is 1. The number of halogens is 4. The number of amides is 1. The van der Waals surface area contributed by atoms with E-state index in [0.717, 1.165) is 16.7 Å². The molecule has 1 aliphatic heterocycles. The molecule has 1 amide bonds. The van der Waals surface area contributed by atoms with Crippen molar-refractivity contribution in [3.05, 3.63) is 68.2 Å². The molecule has 4 rings (SSSR count). The fourth-order valence-electron chi connectivity index (χ4n) is 4.71. The maximum absolute atomic E-state index is 14.3. The minimum absolute atomic E-state index is 0.0118. The van der Waals surface area contributed by atoms with Gasteiger partial charge in [0.2, 0.25) is 0 Å². The zero-order chi connectivity index (χ0) is 30.8. The summed E-state index contributed by atoms with van der Waals surface area (Å²) in [5.74, 6) is 0.757. The summed E-state index contributed by atoms with van der Waals surface area (Å²) in [6, 6.07) is 8.03. The third kappa shape index (κ3) is 7.19. The molecule has 1 aliphatic rings. The zero-order valence-corrected chi connectivity index (χ0v) is 25.3. The number of carbonyl (C=O) groups excluding carboxylic acids is 1. The van der Waals surface area contributed by atoms with Crippen molar-refractivity contribution in [1.29, 1.82) is 5.26 Å². The van der Waals surface area contributed by atoms with Gasteiger partial charge in [0, 0.05) is 37.6 Å². The second-order valence-corrected chi connectivity index (χ2v) is 12.6. The number of alkyl halides is 3. The van der Waals surface area contributed by atoms with Crippen molar-refractivity contribution in [1.82, 2.24) is 19.4 Å². The highest BCUT2D eigenvalue weighted by Gasteiger charge is 2.37. The molecule has 3 aromatic rings. The van der Waals surface area contributed by atoms with Crippen molar-refractivity contribution in [3.8, 4) is 6.07 Å². The number of piperazine rings is 1. The van der Waals surface area contributed by atoms with E-state index in [1.165, 1.54) is 27.6 Å². The first-order valence-corrected chi connectivity index (χ1v) is 14.7. The summed E-state index contributed by atoms with van der Waals surface area (Å²) in [7, 11) is 0. The van der Waals surface area contributed by atoms with Crippen LogP contribution in [-0.2, 0) is 24.0 Å². The van der Waals surface area contributed by atoms with Gasteiger partial charge in [0.25, 0.3) is 5.56 Å². The zero-order valence-electron chi connectivity index (χ0n) is 23.7. The lowest BCUT2D eigenvalue weighted by molar-refractivity contribution is -0.138. The lowest BCUT2D eigenvalue weighted by Crippen LogP contribution is -2.49. The topological polar surface area (TPSA) is 91.5 Å². The average molecular weight is 622 g/mol. The lowest BCUT2D eigenvalue weighted by atomic mass is 10.0. The molecular weight excluding hydrogens is 591 g/mol. The summed E-state index contributed by atoms with van der Waals surface area (Å²) < 4.78 is 49.6. The van der Waals surface area contributed by atoms with Crippen LogP contribution in [0.25, 0.3) is 10.9 Å². The predicted octanol–water partition coefficient (Wildman–Crippen LogP) is 6.15. The van der Waals surface area contributed by atoms with Crippen LogP contribution in [0.15, 0.2) is 40.3 Å². The first-order chi connectivity index (χ1) is 19.7. The van der Waals surface area contributed by atoms with Gasteiger partial charge in [0.15, 0.2) is 0 Å². The Kier molecular flexibility index (Phi) is 9.45. The van der Waals surface area contributed by atoms with Gasteiger partial charge >= 0.3 is 12.3 Å². The van der Waals surface area contributed by atoms with Crippen LogP contribution in [-0.4, -0.2) is 63.0 Å². The summed E-state index contributed by atoms with van der Waals surface area (Å²) in [4.78, 5) is 34.3. The number of hydrogen-bond acceptors (Lipinski definition) is 7. The van der Waals surface area contributed by atoms with E-state index in [9.17, 15) is 28.0 Å². The van der Waals surface area contributed by atoms with E-state index < -0.39 is 29.0 Å². The molecule has 1 fully saturated rings. The van der Waals surface area contributed by atoms with Gasteiger partial charge in [-0.2, -0.15) is 18.4 Å². The summed E-state index contributed by atoms with van der Waals surface area (Å²) >= 11 is 8.09. The number of hydrogen-bond donors (Lipinski definition) is 0. The second kappa shape index (κ2) is 12.5. The molecule has 13 heteroatoms. The van der Waals surface area contributed by atoms with Crippen molar-refractivity contribution < 1.29 is 22.7 Å². The second-order valence-electron chi connectivity index (χ2n) is 10.9. The fraction of sp³-hybridized carbons (Fsp3) is 0.448. The van der Waals surface area contributed by atoms with E-state index in [4.69, 9.17) is 16.3 Å². The average Bonchev–Trinajstić information content (AvgIpc) is 2.91. The fourth-order valence-corrected chi connectivity index (χ4v) is 5.81. The molecular formula is C29H31ClF3N5O3S. The Morgan fingerprint density at radius 3 is 2.43 bits per heavy atom. The van der Waals surface area contributed by atoms with Crippen molar-refractivity contribution in [2.24, 2.45) is 0 Å². The standard InChI is InChI=1S/C29H31ClF3N5O3S/c1-5-42-23-7-6-18(14-34)12-19(23)15-38-17-35-25-20(26(38)39)13-22(29(31,32)33)21(24(25)30)16-36-8-10-37(11-9-36)27(40)41-28(2,3)4/h6-7,12-13,17H,5,8-11,15-16H2,1-4H3. The number of rotatable bonds is 6. The molecule has 42 heavy (non-hydrogen) atoms. The van der Waals surface area contributed by atoms with Gasteiger partial charge < -0.3 is 9.64 Å². The highest BCUT2D eigenvalue weighted by atomic mass is 35.5. The molecule has 2 aromatic carbocycles. The van der Waals surface area contributed by atoms with E-state index in [1.807, 2.05) is 6.92 Å². The summed E-state index contributed by atoms with van der Waals surface area (Å²) in [6.07, 6.45) is -3.97. The van der Waals surface area contributed by atoms with Crippen molar-refractivity contribution in [2.45, 2.75) is 57.5 Å². The van der Waals surface area contributed by atoms with Crippen molar-refractivity contribution >= 4 is 40.4 Å². The third-order valence-corrected chi connectivity index (χ3v) is 8.11. The first-order valence-electron chi connectivity index (χ1n) is 13.4. The van der Waals surface area contributed by atoms with E-state index in [-0.39, 0.29) is 47.7 Å². The molecule has 1 aromatic heterocycles. The van der Waals surface area contributed by atoms with Gasteiger partial charge in [0.05, 0.1) is 46.0 Å². The van der Waals surface area contributed by atoms with E-state index in [0.29, 0.717) is 24.2 Å². The Hall–Kier alpha value is -3.27. The first kappa shape index (κ1) is 31.7. The van der Waals surface area contributed by atoms with Crippen LogP contribution in [0.4, 0.5) is 18.0 Å². The lowest BCUT2D eigenvalue weighted by Gasteiger charge is -2.36. The van der Waals surface area contributed by atoms with Crippen LogP contribution in [0.2, 0.25) is 5.02 Å². The van der Waals surface area contributed by atoms with Crippen LogP contribution in [0, 0.1) is 11.3 Å². The Labute approximate surface area is 251 Å². The quantitative estimate of drug-likeness (QED) is 0.305. The summed E-state index contributed by atoms with van der Waals surface area (Å²) in [6.45, 7) is 8.37. The third-order valence-electron chi connectivity index (χ3n) is 6.70. The van der Waals surface area contributed by atoms with E-state index >= 15 is 0 Å². The van der Waals surface area contributed by atoms with Crippen molar-refractivity contribution in [2.75, 3.05) is 31.9 Å². The van der Waals surface area contributed by atoms with Gasteiger partial charge in [-0.3, -0.25) is 14.3 Å². The molecule has 1 saturated heterocycles. The van der Waals surface area contributed by atoms with Crippen LogP contribution in [0.5, 0.6) is 0 Å². The Bertz CT molecular complexity index is 1590. The van der Waals surface area contributed by atoms with Crippen LogP contribution < -0.4 is 5.56 Å². The number of aromatic nitrogens is 2. The monoisotopic (exact) mass is 621 g/mol. The van der Waals surface area contributed by atoms with E-state index in [1.54, 1.807) is 43.9 Å². The number of ether oxygens (including phenoxy) is 1. The van der Waals surface area contributed by atoms with Crippen LogP contribution in [0.3, 0.4) is 0 Å². The Morgan fingerprint density at radius 1 is 1.14 bits per heavy atom. The number of fused-ring (bicyclic) bond motifs is 1. The Balaban J connectivity index is 1.66. The highest BCUT2D eigenvalue weighted by molar-refractivity contribution is 7.99. The molecule has 0 bridgehead atoms. The number of nitriles is 1. The molecule has 8 nitrogen and oxygen atoms in total. The number of benzene rings is 2. The van der Waals surface area contributed by atoms with E-state index in [2.05, 4.69) is 11.1 Å². The minimum Gasteiger partial charge on any atom is -0.444 e. The molecule has 0 saturated carbocycles. The Morgan fingerprint density at radius 2 is 1.83 bits per heavy atom. The van der Waals surface area contributed by atoms with Crippen molar-refractivity contribution in [3.63, 3.8) is 0 Å². The highest BCUT2D eigenvalue weighted by Crippen LogP contribution is 2.39. The summed E-state index contributed by atoms with van der Waals surface area (Å²) in [5.41, 5.74) is -1.41. The van der Waals surface area contributed by atoms with Gasteiger partial charge in [-0.15, -0.1) is 11.8 Å². The molecule has 0 spiro atoms. The SMILES string of the molecule is CCSc1ccc(C#N)cc1Cn1cnc2c(Cl)c(CN3CCN(C(=O)OC(C)(C)C)CC3)c(C(F)(F)F)cc2c1=O. The largest absolute Gasteiger partial charge is 0.444 e. The van der Waals surface area contributed by atoms with Gasteiger partial charge in [-0.05, 0) is 61.9 Å². The van der Waals surface area contributed by atoms with Gasteiger partial charge in [-0.1, -0.05) is 18.5 Å². The smallest absolute Gasteiger partial charge is 0.416 e. The summed E-state index contributed by atoms with van der Waals surface area (Å²) in [5, 5.41) is 8.85. The number of nitrogens with zero attached hydrogens (tertiary/aromatic N) is 5. The molecule has 0 atom stereocenters. The molecule has 0 unspecified atom stereocenters. The van der Waals surface area contributed by atoms with Gasteiger partial charge in [-0.25, -0.2) is 9.78 Å². The number of thioether (sulfide) groups is 1. The van der Waals surface area contributed by atoms with Gasteiger partial charge in [0.1, 0.15) is 5.60 Å². The molecule has 0 aliphatic carbocycles. The molecule has 2 heterocycles. The normalized spacial score (nSPS) is 14.7. The minimum atomic E-state index is -4.77. The molecule has 0 N–H and O–H groups in total. The maximum atomic E-state index is 14.3.